The maximum atomic E-state index is 16.4. The molecular weight excluding hydrogens is 1240 g/mol. The summed E-state index contributed by atoms with van der Waals surface area (Å²) in [5, 5.41) is 201. The van der Waals surface area contributed by atoms with Crippen LogP contribution in [0, 0.1) is 5.41 Å². The predicted molar refractivity (Wildman–Crippen MR) is 268 cm³/mol. The number of aromatic hydroxyl groups is 13. The zero-order valence-electron chi connectivity index (χ0n) is 44.5. The number of phenols is 13. The van der Waals surface area contributed by atoms with Gasteiger partial charge in [-0.25, -0.2) is 28.8 Å². The number of cyclic esters (lactones) is 1. The summed E-state index contributed by atoms with van der Waals surface area (Å²) in [6.07, 6.45) is -20.5. The Morgan fingerprint density at radius 1 is 0.571 bits per heavy atom. The predicted octanol–water partition coefficient (Wildman–Crippen LogP) is -1.97. The Morgan fingerprint density at radius 2 is 1.15 bits per heavy atom. The van der Waals surface area contributed by atoms with E-state index < -0.39 is 281 Å². The summed E-state index contributed by atoms with van der Waals surface area (Å²) in [6.45, 7) is -2.61. The number of ether oxygens (including phenoxy) is 11. The number of hydrogen-bond acceptors (Lipinski definition) is 36. The van der Waals surface area contributed by atoms with E-state index in [9.17, 15) is 116 Å². The van der Waals surface area contributed by atoms with Crippen LogP contribution in [0.3, 0.4) is 0 Å². The van der Waals surface area contributed by atoms with Crippen molar-refractivity contribution in [1.82, 2.24) is 0 Å². The number of phenolic OH excluding ortho intramolecular Hbond substituents is 13. The van der Waals surface area contributed by atoms with Gasteiger partial charge >= 0.3 is 41.8 Å². The molecule has 37 nitrogen and oxygen atoms in total. The first kappa shape index (κ1) is 58.8. The minimum absolute atomic E-state index is 0.223. The second kappa shape index (κ2) is 18.9. The smallest absolute Gasteiger partial charge is 0.346 e. The maximum Gasteiger partial charge on any atom is 0.346 e. The van der Waals surface area contributed by atoms with Gasteiger partial charge in [-0.15, -0.1) is 0 Å². The number of Topliss-reactive ketones (excluding diaryl/α,β-unsaturated/α-hetero) is 1. The number of rotatable bonds is 5. The molecule has 8 aliphatic heterocycles. The Labute approximate surface area is 498 Å². The Balaban J connectivity index is 1.08. The molecule has 13 unspecified atom stereocenters. The normalized spacial score (nSPS) is 31.5. The third kappa shape index (κ3) is 7.38. The number of carbonyl (C=O) groups excluding carboxylic acids is 7. The van der Waals surface area contributed by atoms with Crippen molar-refractivity contribution < 1.29 is 182 Å². The van der Waals surface area contributed by atoms with Crippen LogP contribution in [0.1, 0.15) is 69.7 Å². The van der Waals surface area contributed by atoms with Crippen molar-refractivity contribution in [3.05, 3.63) is 69.8 Å². The molecule has 5 aromatic carbocycles. The largest absolute Gasteiger partial charge is 0.504 e. The van der Waals surface area contributed by atoms with Gasteiger partial charge < -0.3 is 144 Å². The molecular formula is C54H38O37. The molecule has 6 bridgehead atoms. The Morgan fingerprint density at radius 3 is 1.82 bits per heavy atom. The number of aliphatic hydroxyl groups excluding tert-OH is 1. The quantitative estimate of drug-likeness (QED) is 0.0516. The van der Waals surface area contributed by atoms with Crippen LogP contribution in [-0.2, 0) is 57.0 Å². The number of benzene rings is 5. The van der Waals surface area contributed by atoms with E-state index in [-0.39, 0.29) is 6.07 Å². The fourth-order valence-corrected chi connectivity index (χ4v) is 12.7. The summed E-state index contributed by atoms with van der Waals surface area (Å²) in [6, 6.07) is 2.07. The SMILES string of the molecule is O=C(OC1OC2COC(=O)c3cc(O)c(O)c(O)c3-c3c(cc(Oc4c(C(=O)O)cc(O)c(O)c4O)c(O)c3O)C(=O)OC3C2OC(=O)C24CC(=O)C(O)(OC25C(=O)OC2C(O)COC25O)C2(O)Oc5c(O)c(O)cc(c5C24)C(=O)OC13)c1cc(O)c(O)c(O)c1. The lowest BCUT2D eigenvalue weighted by Crippen LogP contribution is -2.88. The van der Waals surface area contributed by atoms with Crippen LogP contribution in [-0.4, -0.2) is 219 Å². The van der Waals surface area contributed by atoms with E-state index >= 15 is 14.4 Å². The number of carboxylic acid groups (broad SMARTS) is 1. The highest BCUT2D eigenvalue weighted by Gasteiger charge is 2.97. The number of carbonyl (C=O) groups is 8. The molecule has 0 amide bonds. The van der Waals surface area contributed by atoms with Crippen LogP contribution in [0.5, 0.6) is 92.0 Å². The second-order valence-electron chi connectivity index (χ2n) is 21.6. The molecule has 5 aromatic rings. The fourth-order valence-electron chi connectivity index (χ4n) is 12.7. The average molecular weight is 1280 g/mol. The number of aliphatic hydroxyl groups is 4. The van der Waals surface area contributed by atoms with Crippen molar-refractivity contribution in [2.24, 2.45) is 5.41 Å². The highest BCUT2D eigenvalue weighted by atomic mass is 16.8. The Kier molecular flexibility index (Phi) is 12.2. The van der Waals surface area contributed by atoms with E-state index in [1.807, 2.05) is 0 Å². The van der Waals surface area contributed by atoms with E-state index in [1.54, 1.807) is 0 Å². The van der Waals surface area contributed by atoms with Gasteiger partial charge in [-0.3, -0.25) is 9.59 Å². The molecule has 37 heteroatoms. The molecule has 91 heavy (non-hydrogen) atoms. The summed E-state index contributed by atoms with van der Waals surface area (Å²) < 4.78 is 62.8. The summed E-state index contributed by atoms with van der Waals surface area (Å²) in [7, 11) is 0. The zero-order valence-corrected chi connectivity index (χ0v) is 44.5. The highest BCUT2D eigenvalue weighted by molar-refractivity contribution is 6.09. The summed E-state index contributed by atoms with van der Waals surface area (Å²) >= 11 is 0. The van der Waals surface area contributed by atoms with Gasteiger partial charge in [0, 0.05) is 35.2 Å². The van der Waals surface area contributed by atoms with Crippen molar-refractivity contribution in [2.75, 3.05) is 13.2 Å². The van der Waals surface area contributed by atoms with Crippen LogP contribution in [0.2, 0.25) is 0 Å². The number of carboxylic acids is 1. The first-order valence-corrected chi connectivity index (χ1v) is 25.9. The fraction of sp³-hybridized carbons (Fsp3) is 0.296. The molecule has 476 valence electrons. The highest BCUT2D eigenvalue weighted by Crippen LogP contribution is 2.76. The third-order valence-electron chi connectivity index (χ3n) is 16.8. The molecule has 2 spiro atoms. The topological polar surface area (TPSA) is 602 Å². The van der Waals surface area contributed by atoms with Gasteiger partial charge in [0.25, 0.3) is 11.6 Å². The Hall–Kier alpha value is -11.2. The van der Waals surface area contributed by atoms with E-state index in [1.165, 1.54) is 0 Å². The number of ketones is 1. The lowest BCUT2D eigenvalue weighted by molar-refractivity contribution is -0.459. The first-order valence-electron chi connectivity index (χ1n) is 25.9. The van der Waals surface area contributed by atoms with Gasteiger partial charge in [0.2, 0.25) is 52.5 Å². The molecule has 14 rings (SSSR count). The van der Waals surface area contributed by atoms with Crippen molar-refractivity contribution >= 4 is 47.6 Å². The monoisotopic (exact) mass is 1280 g/mol. The van der Waals surface area contributed by atoms with Crippen molar-refractivity contribution in [3.63, 3.8) is 0 Å². The van der Waals surface area contributed by atoms with E-state index in [0.717, 1.165) is 0 Å². The number of aromatic carboxylic acids is 1. The molecule has 1 saturated carbocycles. The van der Waals surface area contributed by atoms with Crippen LogP contribution in [0.25, 0.3) is 11.1 Å². The maximum absolute atomic E-state index is 16.4. The van der Waals surface area contributed by atoms with Gasteiger partial charge in [0.1, 0.15) is 29.8 Å². The molecule has 8 heterocycles. The van der Waals surface area contributed by atoms with Crippen LogP contribution < -0.4 is 9.47 Å². The molecule has 1 aliphatic carbocycles. The first-order chi connectivity index (χ1) is 42.7. The van der Waals surface area contributed by atoms with Gasteiger partial charge in [-0.2, -0.15) is 0 Å². The van der Waals surface area contributed by atoms with Crippen LogP contribution in [0.4, 0.5) is 0 Å². The van der Waals surface area contributed by atoms with E-state index in [4.69, 9.17) is 52.1 Å². The standard InChI is InChI=1S/C54H38O37/c55-15-1-10(2-16(56)27(15)62)43(72)89-47-39-38-36(87-48(76)50-7-23(61)52(78,91-51(50)49(77)88-41-20(60)8-82-54(41,51)80)53(79)40(50)26-12(45(74)86-39)4-19(59)30(65)37(26)90-53)22(84-47)9-81-44(73)11-3-17(57)28(63)32(67)24(11)25-13(46(75)85-38)6-21(31(66)33(25)68)83-35-14(42(70)71)5-18(58)29(64)34(35)69/h1-6,20,22,36,38-41,47,55-60,62-69,78-80H,7-9H2,(H,70,71). The summed E-state index contributed by atoms with van der Waals surface area (Å²) in [5.41, 5.74) is -17.8. The number of esters is 6. The zero-order chi connectivity index (χ0) is 65.7. The minimum Gasteiger partial charge on any atom is -0.504 e. The molecule has 6 fully saturated rings. The van der Waals surface area contributed by atoms with Gasteiger partial charge in [0.15, 0.2) is 87.3 Å². The number of hydrogen-bond donors (Lipinski definition) is 18. The minimum atomic E-state index is -4.12. The Bertz CT molecular complexity index is 4230. The third-order valence-corrected chi connectivity index (χ3v) is 16.8. The van der Waals surface area contributed by atoms with Gasteiger partial charge in [-0.1, -0.05) is 0 Å². The van der Waals surface area contributed by atoms with Gasteiger partial charge in [-0.05, 0) is 24.3 Å². The molecule has 9 aliphatic rings. The van der Waals surface area contributed by atoms with Crippen molar-refractivity contribution in [2.45, 2.75) is 78.2 Å². The molecule has 5 saturated heterocycles. The summed E-state index contributed by atoms with van der Waals surface area (Å²) in [4.78, 5) is 118. The average Bonchev–Trinajstić information content (AvgIpc) is 1.54. The van der Waals surface area contributed by atoms with E-state index in [2.05, 4.69) is 0 Å². The lowest BCUT2D eigenvalue weighted by atomic mass is 9.47. The van der Waals surface area contributed by atoms with Crippen molar-refractivity contribution in [1.29, 1.82) is 0 Å². The van der Waals surface area contributed by atoms with Gasteiger partial charge in [0.05, 0.1) is 34.8 Å². The van der Waals surface area contributed by atoms with Crippen LogP contribution >= 0.6 is 0 Å². The van der Waals surface area contributed by atoms with Crippen molar-refractivity contribution in [3.8, 4) is 103 Å². The molecule has 0 radical (unpaired) electrons. The molecule has 13 atom stereocenters. The van der Waals surface area contributed by atoms with E-state index in [0.29, 0.717) is 30.3 Å². The van der Waals surface area contributed by atoms with Crippen LogP contribution in [0.15, 0.2) is 36.4 Å². The summed E-state index contributed by atoms with van der Waals surface area (Å²) in [5.74, 6) is -54.0. The second-order valence-corrected chi connectivity index (χ2v) is 21.6. The molecule has 18 N–H and O–H groups in total. The number of fused-ring (bicyclic) bond motifs is 5. The lowest BCUT2D eigenvalue weighted by Gasteiger charge is -2.64. The molecule has 0 aromatic heterocycles.